The molecule has 1 heterocycles. The van der Waals surface area contributed by atoms with E-state index in [2.05, 4.69) is 10.6 Å². The van der Waals surface area contributed by atoms with Gasteiger partial charge < -0.3 is 29.9 Å². The zero-order valence-electron chi connectivity index (χ0n) is 22.6. The Balaban J connectivity index is 1.96. The molecule has 9 nitrogen and oxygen atoms in total. The number of hydrogen-bond acceptors (Lipinski definition) is 5. The molecule has 0 bridgehead atoms. The van der Waals surface area contributed by atoms with Crippen LogP contribution in [0.15, 0.2) is 42.5 Å². The van der Waals surface area contributed by atoms with E-state index < -0.39 is 23.9 Å². The van der Waals surface area contributed by atoms with Crippen LogP contribution in [-0.4, -0.2) is 80.2 Å². The second kappa shape index (κ2) is 13.2. The van der Waals surface area contributed by atoms with Crippen molar-refractivity contribution in [2.45, 2.75) is 39.3 Å². The largest absolute Gasteiger partial charge is 0.491 e. The van der Waals surface area contributed by atoms with Crippen molar-refractivity contribution in [1.29, 1.82) is 0 Å². The van der Waals surface area contributed by atoms with E-state index in [1.165, 1.54) is 17.0 Å². The molecule has 4 amide bonds. The summed E-state index contributed by atoms with van der Waals surface area (Å²) in [5.74, 6) is -1.19. The molecular weight excluding hydrogens is 491 g/mol. The van der Waals surface area contributed by atoms with Crippen LogP contribution in [0.2, 0.25) is 0 Å². The molecule has 1 aliphatic rings. The second-order valence-electron chi connectivity index (χ2n) is 9.63. The van der Waals surface area contributed by atoms with Crippen LogP contribution in [-0.2, 0) is 4.74 Å². The minimum Gasteiger partial charge on any atom is -0.491 e. The highest BCUT2D eigenvalue weighted by Gasteiger charge is 2.31. The van der Waals surface area contributed by atoms with Crippen molar-refractivity contribution in [3.8, 4) is 5.75 Å². The third kappa shape index (κ3) is 7.00. The topological polar surface area (TPSA) is 100 Å². The lowest BCUT2D eigenvalue weighted by Gasteiger charge is -2.36. The summed E-state index contributed by atoms with van der Waals surface area (Å²) in [5, 5.41) is 5.48. The molecule has 38 heavy (non-hydrogen) atoms. The molecule has 3 atom stereocenters. The molecule has 0 spiro atoms. The van der Waals surface area contributed by atoms with Gasteiger partial charge in [-0.1, -0.05) is 26.0 Å². The third-order valence-electron chi connectivity index (χ3n) is 6.60. The molecule has 2 N–H and O–H groups in total. The van der Waals surface area contributed by atoms with E-state index in [-0.39, 0.29) is 48.7 Å². The average molecular weight is 529 g/mol. The summed E-state index contributed by atoms with van der Waals surface area (Å²) in [6.07, 6.45) is 0.402. The number of fused-ring (bicyclic) bond motifs is 1. The van der Waals surface area contributed by atoms with Gasteiger partial charge in [-0.05, 0) is 43.7 Å². The Morgan fingerprint density at radius 1 is 1.16 bits per heavy atom. The fourth-order valence-corrected chi connectivity index (χ4v) is 4.34. The Labute approximate surface area is 223 Å². The van der Waals surface area contributed by atoms with Gasteiger partial charge in [0.2, 0.25) is 0 Å². The molecule has 0 aliphatic carbocycles. The molecule has 0 radical (unpaired) electrons. The highest BCUT2D eigenvalue weighted by atomic mass is 19.1. The van der Waals surface area contributed by atoms with Gasteiger partial charge in [0.15, 0.2) is 0 Å². The molecule has 0 aromatic heterocycles. The number of anilines is 1. The van der Waals surface area contributed by atoms with Crippen LogP contribution in [0.25, 0.3) is 0 Å². The second-order valence-corrected chi connectivity index (χ2v) is 9.63. The molecular formula is C28H37FN4O5. The summed E-state index contributed by atoms with van der Waals surface area (Å²) < 4.78 is 26.3. The molecule has 2 aromatic carbocycles. The zero-order chi connectivity index (χ0) is 27.8. The quantitative estimate of drug-likeness (QED) is 0.611. The molecule has 206 valence electrons. The van der Waals surface area contributed by atoms with Gasteiger partial charge in [0.1, 0.15) is 18.2 Å². The summed E-state index contributed by atoms with van der Waals surface area (Å²) in [7, 11) is 3.22. The monoisotopic (exact) mass is 528 g/mol. The Morgan fingerprint density at radius 2 is 1.89 bits per heavy atom. The van der Waals surface area contributed by atoms with E-state index in [0.29, 0.717) is 18.0 Å². The molecule has 0 unspecified atom stereocenters. The predicted molar refractivity (Wildman–Crippen MR) is 143 cm³/mol. The van der Waals surface area contributed by atoms with Crippen molar-refractivity contribution in [2.75, 3.05) is 45.7 Å². The first kappa shape index (κ1) is 28.9. The summed E-state index contributed by atoms with van der Waals surface area (Å²) in [6, 6.07) is 9.92. The minimum atomic E-state index is -0.591. The lowest BCUT2D eigenvalue weighted by atomic mass is 10.0. The molecule has 0 fully saturated rings. The van der Waals surface area contributed by atoms with E-state index in [4.69, 9.17) is 9.47 Å². The number of amides is 4. The Hall–Kier alpha value is -3.66. The van der Waals surface area contributed by atoms with Crippen LogP contribution >= 0.6 is 0 Å². The Morgan fingerprint density at radius 3 is 2.58 bits per heavy atom. The van der Waals surface area contributed by atoms with Crippen molar-refractivity contribution in [3.05, 3.63) is 59.4 Å². The van der Waals surface area contributed by atoms with Crippen LogP contribution in [0.3, 0.4) is 0 Å². The number of rotatable bonds is 5. The molecule has 0 saturated heterocycles. The maximum atomic E-state index is 14.5. The fraction of sp³-hybridized carbons (Fsp3) is 0.464. The number of nitrogens with one attached hydrogen (secondary N) is 2. The van der Waals surface area contributed by atoms with Gasteiger partial charge in [-0.2, -0.15) is 0 Å². The highest BCUT2D eigenvalue weighted by molar-refractivity contribution is 5.99. The van der Waals surface area contributed by atoms with Crippen molar-refractivity contribution in [3.63, 3.8) is 0 Å². The standard InChI is InChI=1S/C28H37FN4O5/c1-6-13-30-28(36)31-20-11-12-24-22(14-20)26(34)32(4)16-25(37-5)18(2)15-33(19(3)17-38-24)27(35)21-9-7-8-10-23(21)29/h7-12,14,18-19,25H,6,13,15-17H2,1-5H3,(H2,30,31,36)/t18-,19-,25-/m1/s1. The minimum absolute atomic E-state index is 0.0163. The van der Waals surface area contributed by atoms with E-state index in [0.717, 1.165) is 6.42 Å². The number of nitrogens with zero attached hydrogens (tertiary/aromatic N) is 2. The van der Waals surface area contributed by atoms with Crippen molar-refractivity contribution < 1.29 is 28.2 Å². The van der Waals surface area contributed by atoms with E-state index >= 15 is 0 Å². The van der Waals surface area contributed by atoms with Gasteiger partial charge >= 0.3 is 6.03 Å². The van der Waals surface area contributed by atoms with Gasteiger partial charge in [0, 0.05) is 45.4 Å². The lowest BCUT2D eigenvalue weighted by molar-refractivity contribution is 0.0110. The normalized spacial score (nSPS) is 20.5. The molecule has 3 rings (SSSR count). The van der Waals surface area contributed by atoms with Gasteiger partial charge in [0.25, 0.3) is 11.8 Å². The van der Waals surface area contributed by atoms with E-state index in [1.54, 1.807) is 49.4 Å². The lowest BCUT2D eigenvalue weighted by Crippen LogP contribution is -2.48. The van der Waals surface area contributed by atoms with E-state index in [9.17, 15) is 18.8 Å². The van der Waals surface area contributed by atoms with Gasteiger partial charge in [0.05, 0.1) is 23.3 Å². The number of ether oxygens (including phenoxy) is 2. The number of methoxy groups -OCH3 is 1. The maximum Gasteiger partial charge on any atom is 0.319 e. The van der Waals surface area contributed by atoms with Crippen LogP contribution in [0.1, 0.15) is 47.9 Å². The van der Waals surface area contributed by atoms with Gasteiger partial charge in [-0.3, -0.25) is 9.59 Å². The van der Waals surface area contributed by atoms with Gasteiger partial charge in [-0.25, -0.2) is 9.18 Å². The number of urea groups is 1. The predicted octanol–water partition coefficient (Wildman–Crippen LogP) is 4.00. The number of halogens is 1. The fourth-order valence-electron chi connectivity index (χ4n) is 4.34. The SMILES string of the molecule is CCCNC(=O)Nc1ccc2c(c1)C(=O)N(C)C[C@@H](OC)[C@H](C)CN(C(=O)c1ccccc1F)[C@H](C)CO2. The first-order valence-corrected chi connectivity index (χ1v) is 12.8. The number of carbonyl (C=O) groups is 3. The first-order valence-electron chi connectivity index (χ1n) is 12.8. The Bertz CT molecular complexity index is 1140. The summed E-state index contributed by atoms with van der Waals surface area (Å²) >= 11 is 0. The molecule has 2 aromatic rings. The molecule has 0 saturated carbocycles. The molecule has 10 heteroatoms. The van der Waals surface area contributed by atoms with Crippen LogP contribution in [0.5, 0.6) is 5.75 Å². The van der Waals surface area contributed by atoms with Crippen molar-refractivity contribution in [1.82, 2.24) is 15.1 Å². The first-order chi connectivity index (χ1) is 18.2. The van der Waals surface area contributed by atoms with Gasteiger partial charge in [-0.15, -0.1) is 0 Å². The number of hydrogen-bond donors (Lipinski definition) is 2. The summed E-state index contributed by atoms with van der Waals surface area (Å²) in [5.41, 5.74) is 0.691. The number of likely N-dealkylation sites (N-methyl/N-ethyl adjacent to an activating group) is 1. The van der Waals surface area contributed by atoms with Crippen LogP contribution in [0, 0.1) is 11.7 Å². The third-order valence-corrected chi connectivity index (χ3v) is 6.60. The summed E-state index contributed by atoms with van der Waals surface area (Å²) in [6.45, 7) is 6.82. The average Bonchev–Trinajstić information content (AvgIpc) is 2.91. The maximum absolute atomic E-state index is 14.5. The molecule has 1 aliphatic heterocycles. The smallest absolute Gasteiger partial charge is 0.319 e. The van der Waals surface area contributed by atoms with Crippen molar-refractivity contribution in [2.24, 2.45) is 5.92 Å². The van der Waals surface area contributed by atoms with Crippen LogP contribution in [0.4, 0.5) is 14.9 Å². The highest BCUT2D eigenvalue weighted by Crippen LogP contribution is 2.27. The number of carbonyl (C=O) groups excluding carboxylic acids is 3. The van der Waals surface area contributed by atoms with Crippen molar-refractivity contribution >= 4 is 23.5 Å². The van der Waals surface area contributed by atoms with E-state index in [1.807, 2.05) is 20.8 Å². The zero-order valence-corrected chi connectivity index (χ0v) is 22.6. The Kier molecular flexibility index (Phi) is 10.1. The summed E-state index contributed by atoms with van der Waals surface area (Å²) in [4.78, 5) is 42.2. The van der Waals surface area contributed by atoms with Crippen LogP contribution < -0.4 is 15.4 Å². The number of benzene rings is 2.